The molecule has 95 heavy (non-hydrogen) atoms. The Morgan fingerprint density at radius 1 is 0.295 bits per heavy atom. The second-order valence-corrected chi connectivity index (χ2v) is 28.5. The molecule has 4 heterocycles. The number of benzene rings is 13. The normalized spacial score (nSPS) is 17.0. The van der Waals surface area contributed by atoms with E-state index in [2.05, 4.69) is 306 Å². The van der Waals surface area contributed by atoms with Gasteiger partial charge in [-0.1, -0.05) is 211 Å². The molecule has 0 fully saturated rings. The van der Waals surface area contributed by atoms with Gasteiger partial charge in [0.05, 0.1) is 34.1 Å². The van der Waals surface area contributed by atoms with Crippen LogP contribution >= 0.6 is 0 Å². The Kier molecular flexibility index (Phi) is 10.4. The van der Waals surface area contributed by atoms with E-state index in [1.165, 1.54) is 83.1 Å². The van der Waals surface area contributed by atoms with Crippen LogP contribution < -0.4 is 14.5 Å². The van der Waals surface area contributed by atoms with Gasteiger partial charge in [0.2, 0.25) is 0 Å². The summed E-state index contributed by atoms with van der Waals surface area (Å²) < 4.78 is 28.0. The summed E-state index contributed by atoms with van der Waals surface area (Å²) in [6, 6.07) is 85.0. The van der Waals surface area contributed by atoms with Crippen LogP contribution in [0.25, 0.3) is 121 Å². The molecule has 0 N–H and O–H groups in total. The average molecular weight is 1220 g/mol. The molecule has 5 aliphatic rings. The molecule has 452 valence electrons. The van der Waals surface area contributed by atoms with Crippen molar-refractivity contribution in [1.82, 2.24) is 0 Å². The van der Waals surface area contributed by atoms with Crippen LogP contribution in [0.2, 0.25) is 0 Å². The van der Waals surface area contributed by atoms with Crippen LogP contribution in [0.15, 0.2) is 268 Å². The lowest BCUT2D eigenvalue weighted by molar-refractivity contribution is 0.269. The lowest BCUT2D eigenvalue weighted by Crippen LogP contribution is -2.18. The van der Waals surface area contributed by atoms with E-state index in [-0.39, 0.29) is 17.4 Å². The molecule has 4 aliphatic carbocycles. The molecule has 0 spiro atoms. The maximum atomic E-state index is 7.08. The molecule has 6 heteroatoms. The van der Waals surface area contributed by atoms with Crippen molar-refractivity contribution in [3.8, 4) is 39.1 Å². The number of ether oxygens (including phenoxy) is 1. The molecule has 21 rings (SSSR count). The number of fused-ring (bicyclic) bond motifs is 25. The number of hydrogen-bond donors (Lipinski definition) is 0. The number of allylic oxidation sites excluding steroid dienone is 2. The van der Waals surface area contributed by atoms with Crippen molar-refractivity contribution in [3.63, 3.8) is 0 Å². The van der Waals surface area contributed by atoms with Gasteiger partial charge in [-0.3, -0.25) is 0 Å². The predicted molar refractivity (Wildman–Crippen MR) is 391 cm³/mol. The molecular weight excluding hydrogens is 1160 g/mol. The van der Waals surface area contributed by atoms with E-state index in [0.29, 0.717) is 0 Å². The molecule has 0 bridgehead atoms. The van der Waals surface area contributed by atoms with Crippen LogP contribution in [0.3, 0.4) is 0 Å². The first-order valence-corrected chi connectivity index (χ1v) is 33.4. The summed E-state index contributed by atoms with van der Waals surface area (Å²) in [6.45, 7) is 14.7. The lowest BCUT2D eigenvalue weighted by atomic mass is 9.78. The van der Waals surface area contributed by atoms with E-state index < -0.39 is 10.8 Å². The summed E-state index contributed by atoms with van der Waals surface area (Å²) in [5.41, 5.74) is 27.0. The van der Waals surface area contributed by atoms with E-state index in [4.69, 9.17) is 18.0 Å². The number of para-hydroxylation sites is 7. The van der Waals surface area contributed by atoms with Gasteiger partial charge >= 0.3 is 0 Å². The third-order valence-corrected chi connectivity index (χ3v) is 22.5. The molecule has 2 atom stereocenters. The molecule has 0 amide bonds. The molecule has 0 saturated carbocycles. The SMILES string of the molecule is CC1(C)c2cc3c(cc2-c2cc4c(cc21)-c1c(cc(N(c2cccc5c2oc2ccccc25)c2cccc5c2oc2ccccc25)c2ccccc12)C4(C)C)C(C)(C)c1cc(N(c2cccc4c2OC2C=CC=CC42)c2cccc4c2oc2ccccc24)c2ccccc2c1-3. The fraction of sp³-hybridized carbons (Fsp3) is 0.124. The van der Waals surface area contributed by atoms with E-state index in [1.54, 1.807) is 0 Å². The minimum atomic E-state index is -0.400. The first kappa shape index (κ1) is 53.2. The van der Waals surface area contributed by atoms with Gasteiger partial charge in [0.25, 0.3) is 0 Å². The monoisotopic (exact) mass is 1220 g/mol. The minimum Gasteiger partial charge on any atom is -0.483 e. The second kappa shape index (κ2) is 18.5. The molecule has 2 unspecified atom stereocenters. The van der Waals surface area contributed by atoms with Gasteiger partial charge in [0.1, 0.15) is 28.6 Å². The Labute approximate surface area is 548 Å². The Bertz CT molecular complexity index is 6100. The molecule has 1 aliphatic heterocycles. The van der Waals surface area contributed by atoms with Gasteiger partial charge in [0.15, 0.2) is 16.7 Å². The summed E-state index contributed by atoms with van der Waals surface area (Å²) in [6.07, 6.45) is 8.65. The van der Waals surface area contributed by atoms with Gasteiger partial charge in [-0.15, -0.1) is 0 Å². The zero-order valence-corrected chi connectivity index (χ0v) is 53.4. The van der Waals surface area contributed by atoms with Gasteiger partial charge in [-0.2, -0.15) is 0 Å². The maximum Gasteiger partial charge on any atom is 0.159 e. The Morgan fingerprint density at radius 2 is 0.642 bits per heavy atom. The first-order chi connectivity index (χ1) is 46.4. The van der Waals surface area contributed by atoms with E-state index in [1.807, 2.05) is 0 Å². The van der Waals surface area contributed by atoms with Crippen molar-refractivity contribution < 1.29 is 18.0 Å². The van der Waals surface area contributed by atoms with E-state index >= 15 is 0 Å². The van der Waals surface area contributed by atoms with E-state index in [9.17, 15) is 0 Å². The van der Waals surface area contributed by atoms with Gasteiger partial charge in [-0.05, 0) is 162 Å². The standard InChI is InChI=1S/C89H62N2O4/c1-87(2)65-45-63-67(88(3,4)69-47-75(49-23-7-9-29-55(49)81(63)69)90(71-35-19-31-57-51-25-11-15-39-77(51)92-83(57)71)72-36-20-32-58-52-26-12-16-40-78(52)93-84(58)72)43-61(65)62-44-68-64(46-66(62)87)82-56-30-10-8-24-50(56)76(48-70(82)89(68,5)6)91(73-37-21-33-59-53-27-13-17-41-79(53)94-85(59)73)74-38-22-34-60-54-28-14-18-42-80(54)95-86(60)74/h7-48,51,77H,1-6H3. The van der Waals surface area contributed by atoms with Crippen molar-refractivity contribution in [1.29, 1.82) is 0 Å². The fourth-order valence-corrected chi connectivity index (χ4v) is 17.9. The lowest BCUT2D eigenvalue weighted by Gasteiger charge is -2.30. The van der Waals surface area contributed by atoms with Crippen molar-refractivity contribution in [3.05, 3.63) is 294 Å². The van der Waals surface area contributed by atoms with Crippen LogP contribution in [0, 0.1) is 0 Å². The number of rotatable bonds is 6. The highest BCUT2D eigenvalue weighted by Gasteiger charge is 2.47. The Hall–Kier alpha value is -11.3. The fourth-order valence-electron chi connectivity index (χ4n) is 17.9. The largest absolute Gasteiger partial charge is 0.483 e. The van der Waals surface area contributed by atoms with Crippen LogP contribution in [0.5, 0.6) is 5.75 Å². The maximum absolute atomic E-state index is 7.08. The quantitative estimate of drug-likeness (QED) is 0.165. The zero-order chi connectivity index (χ0) is 63.1. The molecule has 0 radical (unpaired) electrons. The average Bonchev–Trinajstić information content (AvgIpc) is 1.53. The van der Waals surface area contributed by atoms with Crippen molar-refractivity contribution in [2.75, 3.05) is 9.80 Å². The van der Waals surface area contributed by atoms with Gasteiger partial charge in [0, 0.05) is 70.8 Å². The van der Waals surface area contributed by atoms with Gasteiger partial charge < -0.3 is 27.8 Å². The first-order valence-electron chi connectivity index (χ1n) is 33.4. The van der Waals surface area contributed by atoms with Crippen LogP contribution in [-0.4, -0.2) is 6.10 Å². The minimum absolute atomic E-state index is 0.0832. The summed E-state index contributed by atoms with van der Waals surface area (Å²) in [4.78, 5) is 4.87. The number of anilines is 6. The summed E-state index contributed by atoms with van der Waals surface area (Å²) in [7, 11) is 0. The van der Waals surface area contributed by atoms with Crippen molar-refractivity contribution in [2.24, 2.45) is 0 Å². The second-order valence-electron chi connectivity index (χ2n) is 28.5. The van der Waals surface area contributed by atoms with Crippen molar-refractivity contribution in [2.45, 2.75) is 69.8 Å². The Balaban J connectivity index is 0.741. The summed E-state index contributed by atoms with van der Waals surface area (Å²) in [5, 5.41) is 11.2. The Morgan fingerprint density at radius 3 is 1.11 bits per heavy atom. The highest BCUT2D eigenvalue weighted by molar-refractivity contribution is 6.19. The number of nitrogens with zero attached hydrogens (tertiary/aromatic N) is 2. The third-order valence-electron chi connectivity index (χ3n) is 22.5. The smallest absolute Gasteiger partial charge is 0.159 e. The van der Waals surface area contributed by atoms with Crippen LogP contribution in [0.4, 0.5) is 34.1 Å². The van der Waals surface area contributed by atoms with Crippen molar-refractivity contribution >= 4 is 121 Å². The third kappa shape index (κ3) is 6.93. The van der Waals surface area contributed by atoms with E-state index in [0.717, 1.165) is 116 Å². The number of hydrogen-bond acceptors (Lipinski definition) is 6. The van der Waals surface area contributed by atoms with Crippen LogP contribution in [0.1, 0.15) is 86.4 Å². The predicted octanol–water partition coefficient (Wildman–Crippen LogP) is 24.5. The topological polar surface area (TPSA) is 55.1 Å². The molecule has 16 aromatic rings. The summed E-state index contributed by atoms with van der Waals surface area (Å²) >= 11 is 0. The highest BCUT2D eigenvalue weighted by Crippen LogP contribution is 2.64. The molecule has 13 aromatic carbocycles. The number of furan rings is 3. The molecule has 6 nitrogen and oxygen atoms in total. The molecule has 0 saturated heterocycles. The van der Waals surface area contributed by atoms with Gasteiger partial charge in [-0.25, -0.2) is 0 Å². The molecular formula is C89H62N2O4. The highest BCUT2D eigenvalue weighted by atomic mass is 16.5. The molecule has 3 aromatic heterocycles. The summed E-state index contributed by atoms with van der Waals surface area (Å²) in [5.74, 6) is 1.03. The zero-order valence-electron chi connectivity index (χ0n) is 53.4. The van der Waals surface area contributed by atoms with Crippen LogP contribution in [-0.2, 0) is 16.2 Å².